The van der Waals surface area contributed by atoms with Gasteiger partial charge in [-0.05, 0) is 29.5 Å². The predicted molar refractivity (Wildman–Crippen MR) is 78.5 cm³/mol. The summed E-state index contributed by atoms with van der Waals surface area (Å²) in [6.07, 6.45) is 1.70. The summed E-state index contributed by atoms with van der Waals surface area (Å²) in [4.78, 5) is 11.8. The second-order valence-corrected chi connectivity index (χ2v) is 5.08. The van der Waals surface area contributed by atoms with Crippen molar-refractivity contribution < 1.29 is 4.79 Å². The van der Waals surface area contributed by atoms with Gasteiger partial charge < -0.3 is 5.32 Å². The van der Waals surface area contributed by atoms with E-state index in [0.717, 1.165) is 11.3 Å². The highest BCUT2D eigenvalue weighted by Crippen LogP contribution is 2.15. The van der Waals surface area contributed by atoms with Crippen LogP contribution >= 0.6 is 11.8 Å². The van der Waals surface area contributed by atoms with E-state index in [4.69, 9.17) is 0 Å². The zero-order chi connectivity index (χ0) is 14.4. The van der Waals surface area contributed by atoms with Gasteiger partial charge in [0.1, 0.15) is 0 Å². The second-order valence-electron chi connectivity index (χ2n) is 4.14. The third-order valence-corrected chi connectivity index (χ3v) is 3.43. The van der Waals surface area contributed by atoms with Crippen molar-refractivity contribution in [2.75, 3.05) is 11.1 Å². The van der Waals surface area contributed by atoms with Crippen LogP contribution in [0.2, 0.25) is 0 Å². The topological polar surface area (TPSA) is 72.7 Å². The summed E-state index contributed by atoms with van der Waals surface area (Å²) in [5.41, 5.74) is 1.94. The number of nitrogens with zero attached hydrogens (tertiary/aromatic N) is 4. The normalized spacial score (nSPS) is 10.2. The lowest BCUT2D eigenvalue weighted by atomic mass is 10.2. The SMILES string of the molecule is C=CCn1nnnc1SCC(=O)Nc1ccc(C)cc1. The molecule has 0 aliphatic rings. The molecule has 0 atom stereocenters. The van der Waals surface area contributed by atoms with Crippen LogP contribution in [-0.2, 0) is 11.3 Å². The van der Waals surface area contributed by atoms with E-state index in [2.05, 4.69) is 27.4 Å². The largest absolute Gasteiger partial charge is 0.325 e. The summed E-state index contributed by atoms with van der Waals surface area (Å²) in [6, 6.07) is 7.65. The van der Waals surface area contributed by atoms with E-state index in [1.807, 2.05) is 31.2 Å². The zero-order valence-electron chi connectivity index (χ0n) is 11.1. The molecule has 0 bridgehead atoms. The van der Waals surface area contributed by atoms with Crippen molar-refractivity contribution in [2.24, 2.45) is 0 Å². The van der Waals surface area contributed by atoms with Gasteiger partial charge in [-0.1, -0.05) is 35.5 Å². The van der Waals surface area contributed by atoms with Crippen molar-refractivity contribution >= 4 is 23.4 Å². The van der Waals surface area contributed by atoms with Crippen molar-refractivity contribution in [1.82, 2.24) is 20.2 Å². The van der Waals surface area contributed by atoms with Gasteiger partial charge in [0, 0.05) is 5.69 Å². The standard InChI is InChI=1S/C13H15N5OS/c1-3-8-18-13(15-16-17-18)20-9-12(19)14-11-6-4-10(2)5-7-11/h3-7H,1,8-9H2,2H3,(H,14,19). The lowest BCUT2D eigenvalue weighted by molar-refractivity contribution is -0.113. The number of benzene rings is 1. The van der Waals surface area contributed by atoms with Crippen molar-refractivity contribution in [3.8, 4) is 0 Å². The number of carbonyl (C=O) groups is 1. The van der Waals surface area contributed by atoms with Gasteiger partial charge in [-0.15, -0.1) is 11.7 Å². The molecule has 1 aromatic heterocycles. The molecule has 0 fully saturated rings. The fourth-order valence-electron chi connectivity index (χ4n) is 1.50. The Morgan fingerprint density at radius 1 is 1.45 bits per heavy atom. The maximum absolute atomic E-state index is 11.8. The molecule has 2 aromatic rings. The first-order chi connectivity index (χ1) is 9.69. The van der Waals surface area contributed by atoms with E-state index in [0.29, 0.717) is 11.7 Å². The number of thioether (sulfide) groups is 1. The average molecular weight is 289 g/mol. The lowest BCUT2D eigenvalue weighted by Gasteiger charge is -2.05. The van der Waals surface area contributed by atoms with E-state index in [1.54, 1.807) is 10.8 Å². The summed E-state index contributed by atoms with van der Waals surface area (Å²) >= 11 is 1.29. The molecular formula is C13H15N5OS. The first kappa shape index (κ1) is 14.3. The monoisotopic (exact) mass is 289 g/mol. The first-order valence-corrected chi connectivity index (χ1v) is 7.04. The number of carbonyl (C=O) groups excluding carboxylic acids is 1. The van der Waals surface area contributed by atoms with E-state index in [-0.39, 0.29) is 11.7 Å². The molecule has 0 aliphatic carbocycles. The quantitative estimate of drug-likeness (QED) is 0.649. The zero-order valence-corrected chi connectivity index (χ0v) is 11.9. The number of hydrogen-bond donors (Lipinski definition) is 1. The first-order valence-electron chi connectivity index (χ1n) is 6.05. The Kier molecular flexibility index (Phi) is 4.89. The third kappa shape index (κ3) is 3.92. The van der Waals surface area contributed by atoms with Gasteiger partial charge in [-0.2, -0.15) is 0 Å². The van der Waals surface area contributed by atoms with Gasteiger partial charge in [0.15, 0.2) is 0 Å². The number of anilines is 1. The van der Waals surface area contributed by atoms with Gasteiger partial charge in [-0.3, -0.25) is 4.79 Å². The van der Waals surface area contributed by atoms with Crippen LogP contribution in [0.1, 0.15) is 5.56 Å². The van der Waals surface area contributed by atoms with Crippen LogP contribution in [0.15, 0.2) is 42.1 Å². The Labute approximate surface area is 121 Å². The van der Waals surface area contributed by atoms with Crippen LogP contribution in [0, 0.1) is 6.92 Å². The van der Waals surface area contributed by atoms with Gasteiger partial charge in [0.05, 0.1) is 12.3 Å². The number of tetrazole rings is 1. The molecular weight excluding hydrogens is 274 g/mol. The van der Waals surface area contributed by atoms with Gasteiger partial charge in [-0.25, -0.2) is 4.68 Å². The Morgan fingerprint density at radius 2 is 2.20 bits per heavy atom. The predicted octanol–water partition coefficient (Wildman–Crippen LogP) is 1.90. The highest BCUT2D eigenvalue weighted by atomic mass is 32.2. The van der Waals surface area contributed by atoms with Crippen LogP contribution in [0.4, 0.5) is 5.69 Å². The second kappa shape index (κ2) is 6.85. The minimum atomic E-state index is -0.0907. The van der Waals surface area contributed by atoms with Crippen molar-refractivity contribution in [1.29, 1.82) is 0 Å². The minimum Gasteiger partial charge on any atom is -0.325 e. The Hall–Kier alpha value is -2.15. The fourth-order valence-corrected chi connectivity index (χ4v) is 2.19. The van der Waals surface area contributed by atoms with Crippen LogP contribution in [0.3, 0.4) is 0 Å². The highest BCUT2D eigenvalue weighted by molar-refractivity contribution is 7.99. The smallest absolute Gasteiger partial charge is 0.234 e. The van der Waals surface area contributed by atoms with Crippen molar-refractivity contribution in [3.05, 3.63) is 42.5 Å². The van der Waals surface area contributed by atoms with E-state index in [1.165, 1.54) is 11.8 Å². The van der Waals surface area contributed by atoms with E-state index >= 15 is 0 Å². The highest BCUT2D eigenvalue weighted by Gasteiger charge is 2.09. The fraction of sp³-hybridized carbons (Fsp3) is 0.231. The molecule has 0 unspecified atom stereocenters. The van der Waals surface area contributed by atoms with E-state index in [9.17, 15) is 4.79 Å². The summed E-state index contributed by atoms with van der Waals surface area (Å²) in [5.74, 6) is 0.165. The van der Waals surface area contributed by atoms with E-state index < -0.39 is 0 Å². The maximum atomic E-state index is 11.8. The van der Waals surface area contributed by atoms with Crippen LogP contribution in [-0.4, -0.2) is 31.9 Å². The molecule has 104 valence electrons. The molecule has 0 saturated heterocycles. The number of amides is 1. The summed E-state index contributed by atoms with van der Waals surface area (Å²) in [5, 5.41) is 14.7. The molecule has 2 rings (SSSR count). The summed E-state index contributed by atoms with van der Waals surface area (Å²) < 4.78 is 1.59. The van der Waals surface area contributed by atoms with Crippen LogP contribution in [0.5, 0.6) is 0 Å². The Balaban J connectivity index is 1.87. The number of nitrogens with one attached hydrogen (secondary N) is 1. The molecule has 0 aliphatic heterocycles. The number of aromatic nitrogens is 4. The van der Waals surface area contributed by atoms with Crippen LogP contribution < -0.4 is 5.32 Å². The third-order valence-electron chi connectivity index (χ3n) is 2.47. The minimum absolute atomic E-state index is 0.0907. The molecule has 7 heteroatoms. The average Bonchev–Trinajstić information content (AvgIpc) is 2.87. The molecule has 6 nitrogen and oxygen atoms in total. The molecule has 0 radical (unpaired) electrons. The van der Waals surface area contributed by atoms with Crippen molar-refractivity contribution in [2.45, 2.75) is 18.6 Å². The number of allylic oxidation sites excluding steroid dienone is 1. The summed E-state index contributed by atoms with van der Waals surface area (Å²) in [7, 11) is 0. The molecule has 1 heterocycles. The molecule has 0 spiro atoms. The number of rotatable bonds is 6. The summed E-state index contributed by atoms with van der Waals surface area (Å²) in [6.45, 7) is 6.15. The van der Waals surface area contributed by atoms with Gasteiger partial charge >= 0.3 is 0 Å². The van der Waals surface area contributed by atoms with Crippen LogP contribution in [0.25, 0.3) is 0 Å². The maximum Gasteiger partial charge on any atom is 0.234 e. The molecule has 1 aromatic carbocycles. The molecule has 1 N–H and O–H groups in total. The van der Waals surface area contributed by atoms with Gasteiger partial charge in [0.2, 0.25) is 11.1 Å². The lowest BCUT2D eigenvalue weighted by Crippen LogP contribution is -2.14. The molecule has 1 amide bonds. The number of aryl methyl sites for hydroxylation is 1. The number of hydrogen-bond acceptors (Lipinski definition) is 5. The van der Waals surface area contributed by atoms with Crippen molar-refractivity contribution in [3.63, 3.8) is 0 Å². The Morgan fingerprint density at radius 3 is 2.90 bits per heavy atom. The Bertz CT molecular complexity index is 593. The molecule has 0 saturated carbocycles. The molecule has 20 heavy (non-hydrogen) atoms. The van der Waals surface area contributed by atoms with Gasteiger partial charge in [0.25, 0.3) is 0 Å².